The number of carbonyl (C=O) groups excluding carboxylic acids is 3. The minimum absolute atomic E-state index is 0. The molecule has 0 N–H and O–H groups in total. The van der Waals surface area contributed by atoms with Gasteiger partial charge in [0.15, 0.2) is 5.78 Å². The van der Waals surface area contributed by atoms with Crippen LogP contribution in [-0.2, 0) is 25.5 Å². The summed E-state index contributed by atoms with van der Waals surface area (Å²) in [6.45, 7) is 16.3. The molecule has 3 aromatic heterocycles. The molecule has 6 rings (SSSR count). The minimum atomic E-state index is -1.09. The van der Waals surface area contributed by atoms with Gasteiger partial charge in [-0.1, -0.05) is 79.1 Å². The molecular weight excluding hydrogens is 629 g/mol. The first-order valence-corrected chi connectivity index (χ1v) is 16.7. The molecule has 0 aromatic carbocycles. The quantitative estimate of drug-likeness (QED) is 0.150. The number of hydrogen-bond donors (Lipinski definition) is 0. The van der Waals surface area contributed by atoms with Crippen molar-refractivity contribution in [3.63, 3.8) is 0 Å². The van der Waals surface area contributed by atoms with E-state index in [2.05, 4.69) is 27.4 Å². The van der Waals surface area contributed by atoms with Crippen molar-refractivity contribution in [3.8, 4) is 0 Å². The Balaban J connectivity index is 0.00000468. The number of carbonyl (C=O) groups is 3. The molecule has 3 aromatic rings. The van der Waals surface area contributed by atoms with Gasteiger partial charge in [0, 0.05) is 12.0 Å². The van der Waals surface area contributed by atoms with E-state index >= 15 is 0 Å². The summed E-state index contributed by atoms with van der Waals surface area (Å²) in [6.07, 6.45) is 12.8. The number of fused-ring (bicyclic) bond motifs is 8. The fourth-order valence-corrected chi connectivity index (χ4v) is 7.77. The van der Waals surface area contributed by atoms with Gasteiger partial charge in [-0.25, -0.2) is 0 Å². The standard InChI is InChI=1S/C39H43N4O5.Mg/c1-9-12-15-48-32(44)14-13-25-21(6)28-16-26-19(4)23(10-2)30(40-26)17-27-20(5)24(11-3)31(41-27)18-29-22(7)33-37(43-29)34(36(25)42-28)35(38(33)45)39(46)47-8;/h9-10,12,16-18,21,25,34-36H,2,11,13-15H2,1,3-8H3,(H,43,45);/q-3;+2/p-1/b12-9-,27-17-,28-16+,31-18-;/t21-,25-,34-,35+,36?;/m0./s1. The number of ether oxygens (including phenoxy) is 2. The molecule has 10 heteroatoms. The van der Waals surface area contributed by atoms with Gasteiger partial charge in [0.1, 0.15) is 12.5 Å². The molecule has 5 atom stereocenters. The number of Topliss-reactive ketones (excluding diaryl/α,β-unsaturated/α-hetero) is 1. The maximum absolute atomic E-state index is 14.2. The van der Waals surface area contributed by atoms with Crippen LogP contribution in [0.5, 0.6) is 0 Å². The van der Waals surface area contributed by atoms with Crippen molar-refractivity contribution in [2.24, 2.45) is 17.8 Å². The van der Waals surface area contributed by atoms with E-state index in [1.165, 1.54) is 7.11 Å². The van der Waals surface area contributed by atoms with E-state index in [0.717, 1.165) is 56.5 Å². The van der Waals surface area contributed by atoms with Crippen LogP contribution in [0.2, 0.25) is 0 Å². The second-order valence-electron chi connectivity index (χ2n) is 13.0. The van der Waals surface area contributed by atoms with Gasteiger partial charge in [-0.3, -0.25) is 14.4 Å². The summed E-state index contributed by atoms with van der Waals surface area (Å²) in [6, 6.07) is -0.517. The summed E-state index contributed by atoms with van der Waals surface area (Å²) in [4.78, 5) is 55.5. The van der Waals surface area contributed by atoms with Gasteiger partial charge < -0.3 is 29.7 Å². The number of allylic oxidation sites excluding steroid dienone is 2. The zero-order valence-electron chi connectivity index (χ0n) is 29.4. The van der Waals surface area contributed by atoms with Crippen LogP contribution < -0.4 is 25.7 Å². The van der Waals surface area contributed by atoms with Crippen molar-refractivity contribution < 1.29 is 23.9 Å². The Morgan fingerprint density at radius 2 is 1.69 bits per heavy atom. The topological polar surface area (TPSA) is 126 Å². The van der Waals surface area contributed by atoms with E-state index in [1.807, 2.05) is 51.2 Å². The van der Waals surface area contributed by atoms with Gasteiger partial charge in [-0.15, -0.1) is 39.5 Å². The van der Waals surface area contributed by atoms with Crippen molar-refractivity contribution in [1.29, 1.82) is 0 Å². The number of esters is 2. The van der Waals surface area contributed by atoms with Gasteiger partial charge in [-0.05, 0) is 63.9 Å². The van der Waals surface area contributed by atoms with Crippen LogP contribution in [0.4, 0.5) is 0 Å². The molecular formula is C39H42MgN4O5-2. The summed E-state index contributed by atoms with van der Waals surface area (Å²) in [5, 5.41) is 6.88. The predicted octanol–water partition coefficient (Wildman–Crippen LogP) is 4.30. The monoisotopic (exact) mass is 670 g/mol. The fourth-order valence-electron chi connectivity index (χ4n) is 7.77. The minimum Gasteiger partial charge on any atom is -0.684 e. The maximum atomic E-state index is 14.2. The molecule has 0 spiro atoms. The molecule has 1 aliphatic carbocycles. The zero-order chi connectivity index (χ0) is 34.4. The Labute approximate surface area is 303 Å². The predicted molar refractivity (Wildman–Crippen MR) is 190 cm³/mol. The third-order valence-electron chi connectivity index (χ3n) is 10.5. The van der Waals surface area contributed by atoms with Crippen molar-refractivity contribution in [2.45, 2.75) is 72.8 Å². The molecule has 9 nitrogen and oxygen atoms in total. The Morgan fingerprint density at radius 3 is 2.37 bits per heavy atom. The summed E-state index contributed by atoms with van der Waals surface area (Å²) in [7, 11) is 1.30. The molecule has 1 saturated heterocycles. The molecule has 0 saturated carbocycles. The largest absolute Gasteiger partial charge is 2.00 e. The van der Waals surface area contributed by atoms with E-state index in [0.29, 0.717) is 28.9 Å². The third kappa shape index (κ3) is 6.18. The first-order valence-electron chi connectivity index (χ1n) is 16.7. The second kappa shape index (κ2) is 14.4. The molecule has 2 aliphatic heterocycles. The van der Waals surface area contributed by atoms with Crippen LogP contribution in [0.1, 0.15) is 100 Å². The number of rotatable bonds is 8. The number of hydrogen-bond acceptors (Lipinski definition) is 5. The maximum Gasteiger partial charge on any atom is 2.00 e. The van der Waals surface area contributed by atoms with Crippen molar-refractivity contribution in [3.05, 3.63) is 96.6 Å². The Kier molecular flexibility index (Phi) is 10.7. The van der Waals surface area contributed by atoms with E-state index in [9.17, 15) is 14.4 Å². The van der Waals surface area contributed by atoms with Crippen molar-refractivity contribution in [2.75, 3.05) is 13.7 Å². The van der Waals surface area contributed by atoms with Crippen molar-refractivity contribution >= 4 is 65.1 Å². The van der Waals surface area contributed by atoms with Gasteiger partial charge in [-0.2, -0.15) is 5.70 Å². The second-order valence-corrected chi connectivity index (χ2v) is 13.0. The molecule has 3 aliphatic rings. The average molecular weight is 671 g/mol. The summed E-state index contributed by atoms with van der Waals surface area (Å²) >= 11 is 0. The van der Waals surface area contributed by atoms with E-state index in [4.69, 9.17) is 29.7 Å². The van der Waals surface area contributed by atoms with Gasteiger partial charge in [0.25, 0.3) is 0 Å². The van der Waals surface area contributed by atoms with E-state index in [1.54, 1.807) is 6.08 Å². The smallest absolute Gasteiger partial charge is 0.684 e. The third-order valence-corrected chi connectivity index (χ3v) is 10.5. The molecule has 8 bridgehead atoms. The van der Waals surface area contributed by atoms with Crippen LogP contribution in [0.15, 0.2) is 24.4 Å². The van der Waals surface area contributed by atoms with E-state index < -0.39 is 23.8 Å². The van der Waals surface area contributed by atoms with Crippen LogP contribution in [0.3, 0.4) is 0 Å². The Hall–Kier alpha value is -4.02. The Bertz CT molecular complexity index is 2010. The first-order chi connectivity index (χ1) is 23.0. The summed E-state index contributed by atoms with van der Waals surface area (Å²) in [5.74, 6) is -3.27. The molecule has 49 heavy (non-hydrogen) atoms. The molecule has 252 valence electrons. The van der Waals surface area contributed by atoms with Crippen LogP contribution >= 0.6 is 0 Å². The number of aromatic nitrogens is 3. The zero-order valence-corrected chi connectivity index (χ0v) is 30.8. The molecule has 1 unspecified atom stereocenters. The van der Waals surface area contributed by atoms with Gasteiger partial charge >= 0.3 is 35.0 Å². The van der Waals surface area contributed by atoms with Crippen LogP contribution in [-0.4, -0.2) is 60.5 Å². The molecule has 5 heterocycles. The molecule has 0 radical (unpaired) electrons. The number of nitrogens with zero attached hydrogens (tertiary/aromatic N) is 4. The molecule has 0 amide bonds. The van der Waals surface area contributed by atoms with Gasteiger partial charge in [0.05, 0.1) is 7.11 Å². The van der Waals surface area contributed by atoms with Gasteiger partial charge in [0.2, 0.25) is 0 Å². The summed E-state index contributed by atoms with van der Waals surface area (Å²) in [5.41, 5.74) is 8.76. The van der Waals surface area contributed by atoms with Crippen LogP contribution in [0, 0.1) is 38.5 Å². The SMILES string of the molecule is C=Cc1c2[n-]c(c1C)/C=C1/[N-]C([C@@H](CCC(=O)OC/C=C\C)[C@@H]1C)[C@H]1c3[n-]c(c(C)c3C(=O)[C@@H]1C(=O)OC)/C=c1\[n-]/c(c(C)c1CC)=C\2.[Mg+2]. The fraction of sp³-hybridized carbons (Fsp3) is 0.410. The first kappa shape index (κ1) is 36.3. The van der Waals surface area contributed by atoms with Crippen molar-refractivity contribution in [1.82, 2.24) is 15.0 Å². The number of ketones is 1. The average Bonchev–Trinajstić information content (AvgIpc) is 3.80. The molecule has 1 fully saturated rings. The van der Waals surface area contributed by atoms with Crippen LogP contribution in [0.25, 0.3) is 29.6 Å². The number of methoxy groups -OCH3 is 1. The van der Waals surface area contributed by atoms with E-state index in [-0.39, 0.29) is 59.7 Å². The normalized spacial score (nSPS) is 24.6. The summed E-state index contributed by atoms with van der Waals surface area (Å²) < 4.78 is 10.6. The Morgan fingerprint density at radius 1 is 0.980 bits per heavy atom.